The van der Waals surface area contributed by atoms with Crippen molar-refractivity contribution >= 4 is 17.5 Å². The molecule has 2 aliphatic heterocycles. The number of piperidine rings is 1. The van der Waals surface area contributed by atoms with Crippen LogP contribution >= 0.6 is 0 Å². The monoisotopic (exact) mass is 413 g/mol. The zero-order valence-corrected chi connectivity index (χ0v) is 18.0. The van der Waals surface area contributed by atoms with Crippen molar-refractivity contribution in [3.05, 3.63) is 24.3 Å². The molecule has 0 bridgehead atoms. The van der Waals surface area contributed by atoms with Gasteiger partial charge in [-0.15, -0.1) is 0 Å². The quantitative estimate of drug-likeness (QED) is 0.743. The summed E-state index contributed by atoms with van der Waals surface area (Å²) in [6.07, 6.45) is 11.6. The molecule has 30 heavy (non-hydrogen) atoms. The molecule has 2 saturated heterocycles. The Bertz CT molecular complexity index is 722. The van der Waals surface area contributed by atoms with Gasteiger partial charge in [-0.1, -0.05) is 25.7 Å². The van der Waals surface area contributed by atoms with E-state index in [4.69, 9.17) is 4.74 Å². The van der Waals surface area contributed by atoms with Gasteiger partial charge in [0.25, 0.3) is 5.91 Å². The zero-order chi connectivity index (χ0) is 20.8. The van der Waals surface area contributed by atoms with Crippen LogP contribution in [0.25, 0.3) is 0 Å². The van der Waals surface area contributed by atoms with E-state index < -0.39 is 0 Å². The fourth-order valence-electron chi connectivity index (χ4n) is 5.29. The molecule has 2 heterocycles. The number of anilines is 1. The van der Waals surface area contributed by atoms with Gasteiger partial charge >= 0.3 is 0 Å². The first-order valence-corrected chi connectivity index (χ1v) is 11.7. The average molecular weight is 414 g/mol. The highest BCUT2D eigenvalue weighted by molar-refractivity contribution is 5.95. The number of hydrogen-bond donors (Lipinski definition) is 1. The van der Waals surface area contributed by atoms with Crippen molar-refractivity contribution in [1.29, 1.82) is 0 Å². The number of carbonyl (C=O) groups excluding carboxylic acids is 2. The summed E-state index contributed by atoms with van der Waals surface area (Å²) in [4.78, 5) is 28.8. The Labute approximate surface area is 179 Å². The number of nitrogens with zero attached hydrogens (tertiary/aromatic N) is 2. The van der Waals surface area contributed by atoms with Crippen LogP contribution in [0.1, 0.15) is 64.2 Å². The molecule has 3 aliphatic rings. The Morgan fingerprint density at radius 3 is 2.30 bits per heavy atom. The molecule has 0 atom stereocenters. The molecule has 3 fully saturated rings. The minimum absolute atomic E-state index is 0.0259. The van der Waals surface area contributed by atoms with E-state index in [9.17, 15) is 9.59 Å². The van der Waals surface area contributed by atoms with Crippen molar-refractivity contribution < 1.29 is 14.3 Å². The second kappa shape index (κ2) is 9.82. The Kier molecular flexibility index (Phi) is 6.93. The first-order valence-electron chi connectivity index (χ1n) is 11.7. The predicted octanol–water partition coefficient (Wildman–Crippen LogP) is 3.50. The van der Waals surface area contributed by atoms with Crippen LogP contribution in [0.5, 0.6) is 5.75 Å². The van der Waals surface area contributed by atoms with Crippen LogP contribution in [0.2, 0.25) is 0 Å². The van der Waals surface area contributed by atoms with Crippen LogP contribution in [0, 0.1) is 0 Å². The minimum Gasteiger partial charge on any atom is -0.484 e. The molecule has 0 aromatic heterocycles. The van der Waals surface area contributed by atoms with Crippen molar-refractivity contribution in [2.45, 2.75) is 69.7 Å². The van der Waals surface area contributed by atoms with Gasteiger partial charge in [0.2, 0.25) is 5.91 Å². The number of carbonyl (C=O) groups is 2. The third-order valence-electron chi connectivity index (χ3n) is 7.02. The van der Waals surface area contributed by atoms with Gasteiger partial charge in [0, 0.05) is 30.7 Å². The smallest absolute Gasteiger partial charge is 0.258 e. The van der Waals surface area contributed by atoms with Gasteiger partial charge in [-0.2, -0.15) is 0 Å². The number of hydrogen-bond acceptors (Lipinski definition) is 4. The summed E-state index contributed by atoms with van der Waals surface area (Å²) in [6.45, 7) is 3.86. The van der Waals surface area contributed by atoms with E-state index in [1.54, 1.807) is 4.90 Å². The molecule has 6 nitrogen and oxygen atoms in total. The molecule has 0 radical (unpaired) electrons. The summed E-state index contributed by atoms with van der Waals surface area (Å²) in [5.41, 5.74) is 1.04. The molecule has 1 aliphatic carbocycles. The third-order valence-corrected chi connectivity index (χ3v) is 7.02. The number of amides is 2. The van der Waals surface area contributed by atoms with Crippen LogP contribution in [0.3, 0.4) is 0 Å². The molecule has 0 unspecified atom stereocenters. The van der Waals surface area contributed by atoms with Crippen molar-refractivity contribution in [2.75, 3.05) is 37.7 Å². The van der Waals surface area contributed by atoms with Gasteiger partial charge in [-0.05, 0) is 69.5 Å². The van der Waals surface area contributed by atoms with Gasteiger partial charge < -0.3 is 15.0 Å². The Balaban J connectivity index is 1.27. The lowest BCUT2D eigenvalue weighted by Gasteiger charge is -2.48. The molecule has 1 aromatic rings. The molecule has 4 rings (SSSR count). The SMILES string of the molecule is O=C(COc1ccc(N2CCCC2=O)cc1)NCC1(N2CCCCC2)CCCCC1. The molecule has 1 saturated carbocycles. The lowest BCUT2D eigenvalue weighted by atomic mass is 9.79. The normalized spacial score (nSPS) is 22.1. The molecular weight excluding hydrogens is 378 g/mol. The van der Waals surface area contributed by atoms with Crippen molar-refractivity contribution in [1.82, 2.24) is 10.2 Å². The largest absolute Gasteiger partial charge is 0.484 e. The van der Waals surface area contributed by atoms with Crippen LogP contribution < -0.4 is 15.0 Å². The molecule has 1 N–H and O–H groups in total. The number of rotatable bonds is 7. The number of nitrogens with one attached hydrogen (secondary N) is 1. The van der Waals surface area contributed by atoms with Gasteiger partial charge in [0.1, 0.15) is 5.75 Å². The highest BCUT2D eigenvalue weighted by atomic mass is 16.5. The van der Waals surface area contributed by atoms with Crippen molar-refractivity contribution in [2.24, 2.45) is 0 Å². The Morgan fingerprint density at radius 1 is 0.933 bits per heavy atom. The maximum absolute atomic E-state index is 12.5. The summed E-state index contributed by atoms with van der Waals surface area (Å²) in [5, 5.41) is 3.16. The first kappa shape index (κ1) is 21.2. The third kappa shape index (κ3) is 4.97. The zero-order valence-electron chi connectivity index (χ0n) is 18.0. The van der Waals surface area contributed by atoms with Crippen LogP contribution in [0.15, 0.2) is 24.3 Å². The number of ether oxygens (including phenoxy) is 1. The fraction of sp³-hybridized carbons (Fsp3) is 0.667. The summed E-state index contributed by atoms with van der Waals surface area (Å²) < 4.78 is 5.70. The maximum Gasteiger partial charge on any atom is 0.258 e. The van der Waals surface area contributed by atoms with E-state index in [1.807, 2.05) is 24.3 Å². The summed E-state index contributed by atoms with van der Waals surface area (Å²) in [6, 6.07) is 7.46. The van der Waals surface area contributed by atoms with Crippen molar-refractivity contribution in [3.63, 3.8) is 0 Å². The minimum atomic E-state index is -0.0595. The Hall–Kier alpha value is -2.08. The van der Waals surface area contributed by atoms with E-state index >= 15 is 0 Å². The summed E-state index contributed by atoms with van der Waals surface area (Å²) >= 11 is 0. The average Bonchev–Trinajstić information content (AvgIpc) is 3.24. The summed E-state index contributed by atoms with van der Waals surface area (Å²) in [5.74, 6) is 0.771. The van der Waals surface area contributed by atoms with E-state index in [0.717, 1.165) is 38.3 Å². The second-order valence-corrected chi connectivity index (χ2v) is 9.04. The van der Waals surface area contributed by atoms with Crippen molar-refractivity contribution in [3.8, 4) is 5.75 Å². The predicted molar refractivity (Wildman–Crippen MR) is 118 cm³/mol. The molecule has 0 spiro atoms. The van der Waals surface area contributed by atoms with Gasteiger partial charge in [-0.3, -0.25) is 14.5 Å². The molecule has 1 aromatic carbocycles. The number of likely N-dealkylation sites (tertiary alicyclic amines) is 1. The fourth-order valence-corrected chi connectivity index (χ4v) is 5.29. The molecular formula is C24H35N3O3. The Morgan fingerprint density at radius 2 is 1.63 bits per heavy atom. The van der Waals surface area contributed by atoms with Gasteiger partial charge in [-0.25, -0.2) is 0 Å². The van der Waals surface area contributed by atoms with Gasteiger partial charge in [0.05, 0.1) is 0 Å². The van der Waals surface area contributed by atoms with Crippen LogP contribution in [-0.2, 0) is 9.59 Å². The summed E-state index contributed by atoms with van der Waals surface area (Å²) in [7, 11) is 0. The maximum atomic E-state index is 12.5. The second-order valence-electron chi connectivity index (χ2n) is 9.04. The lowest BCUT2D eigenvalue weighted by molar-refractivity contribution is -0.124. The van der Waals surface area contributed by atoms with Gasteiger partial charge in [0.15, 0.2) is 6.61 Å². The highest BCUT2D eigenvalue weighted by Crippen LogP contribution is 2.35. The van der Waals surface area contributed by atoms with E-state index in [0.29, 0.717) is 12.2 Å². The first-order chi connectivity index (χ1) is 14.7. The van der Waals surface area contributed by atoms with E-state index in [-0.39, 0.29) is 24.0 Å². The lowest BCUT2D eigenvalue weighted by Crippen LogP contribution is -2.58. The molecule has 2 amide bonds. The number of benzene rings is 1. The van der Waals surface area contributed by atoms with Crippen LogP contribution in [0.4, 0.5) is 5.69 Å². The standard InChI is InChI=1S/C24H35N3O3/c28-22(18-30-21-11-9-20(10-12-21)27-17-7-8-23(27)29)25-19-24(13-3-1-4-14-24)26-15-5-2-6-16-26/h9-12H,1-8,13-19H2,(H,25,28). The molecule has 164 valence electrons. The topological polar surface area (TPSA) is 61.9 Å². The van der Waals surface area contributed by atoms with Crippen LogP contribution in [-0.4, -0.2) is 55.0 Å². The van der Waals surface area contributed by atoms with E-state index in [1.165, 1.54) is 51.4 Å². The highest BCUT2D eigenvalue weighted by Gasteiger charge is 2.38. The molecule has 6 heteroatoms. The van der Waals surface area contributed by atoms with E-state index in [2.05, 4.69) is 10.2 Å².